The van der Waals surface area contributed by atoms with Gasteiger partial charge in [-0.3, -0.25) is 9.69 Å². The summed E-state index contributed by atoms with van der Waals surface area (Å²) in [7, 11) is 5.05. The van der Waals surface area contributed by atoms with Crippen LogP contribution in [-0.2, 0) is 18.3 Å². The summed E-state index contributed by atoms with van der Waals surface area (Å²) in [6.07, 6.45) is 1.91. The Morgan fingerprint density at radius 3 is 2.72 bits per heavy atom. The first-order valence-corrected chi connectivity index (χ1v) is 10.5. The lowest BCUT2D eigenvalue weighted by Gasteiger charge is -2.32. The number of rotatable bonds is 5. The van der Waals surface area contributed by atoms with Crippen LogP contribution < -0.4 is 15.0 Å². The topological polar surface area (TPSA) is 52.9 Å². The van der Waals surface area contributed by atoms with Crippen LogP contribution in [0.25, 0.3) is 21.2 Å². The van der Waals surface area contributed by atoms with Crippen molar-refractivity contribution in [2.75, 3.05) is 34.0 Å². The average molecular weight is 415 g/mol. The Bertz CT molecular complexity index is 1090. The minimum absolute atomic E-state index is 0.0294. The molecule has 0 radical (unpaired) electrons. The van der Waals surface area contributed by atoms with E-state index in [1.54, 1.807) is 37.2 Å². The predicted octanol–water partition coefficient (Wildman–Crippen LogP) is 3.50. The van der Waals surface area contributed by atoms with Crippen LogP contribution in [0.5, 0.6) is 11.5 Å². The lowest BCUT2D eigenvalue weighted by Crippen LogP contribution is -2.42. The lowest BCUT2D eigenvalue weighted by molar-refractivity contribution is -0.00390. The van der Waals surface area contributed by atoms with Crippen LogP contribution in [0, 0.1) is 0 Å². The van der Waals surface area contributed by atoms with Gasteiger partial charge in [0.2, 0.25) is 0 Å². The zero-order valence-corrected chi connectivity index (χ0v) is 18.0. The maximum atomic E-state index is 12.8. The zero-order chi connectivity index (χ0) is 20.5. The Labute approximate surface area is 174 Å². The van der Waals surface area contributed by atoms with Gasteiger partial charge in [-0.2, -0.15) is 0 Å². The summed E-state index contributed by atoms with van der Waals surface area (Å²) >= 11 is 1.69. The normalized spacial score (nSPS) is 17.6. The third-order valence-corrected chi connectivity index (χ3v) is 6.61. The Balaban J connectivity index is 1.79. The molecule has 3 aromatic rings. The van der Waals surface area contributed by atoms with Gasteiger partial charge < -0.3 is 18.8 Å². The van der Waals surface area contributed by atoms with Gasteiger partial charge in [0.05, 0.1) is 32.8 Å². The molecule has 29 heavy (non-hydrogen) atoms. The second-order valence-electron chi connectivity index (χ2n) is 7.38. The van der Waals surface area contributed by atoms with Crippen molar-refractivity contribution in [1.82, 2.24) is 9.47 Å². The Morgan fingerprint density at radius 1 is 1.21 bits per heavy atom. The van der Waals surface area contributed by atoms with Gasteiger partial charge in [0.1, 0.15) is 0 Å². The highest BCUT2D eigenvalue weighted by Gasteiger charge is 2.21. The first kappa shape index (κ1) is 19.9. The van der Waals surface area contributed by atoms with Crippen molar-refractivity contribution in [3.05, 3.63) is 45.7 Å². The average Bonchev–Trinajstić information content (AvgIpc) is 3.16. The van der Waals surface area contributed by atoms with Crippen LogP contribution in [0.3, 0.4) is 0 Å². The molecule has 1 atom stereocenters. The molecule has 7 heteroatoms. The van der Waals surface area contributed by atoms with Gasteiger partial charge in [0, 0.05) is 47.5 Å². The maximum absolute atomic E-state index is 12.8. The monoisotopic (exact) mass is 414 g/mol. The van der Waals surface area contributed by atoms with Crippen LogP contribution in [0.15, 0.2) is 35.3 Å². The number of aryl methyl sites for hydroxylation is 1. The van der Waals surface area contributed by atoms with Crippen LogP contribution in [0.1, 0.15) is 11.8 Å². The molecule has 0 unspecified atom stereocenters. The minimum atomic E-state index is 0.0294. The molecule has 1 aliphatic rings. The first-order chi connectivity index (χ1) is 14.0. The van der Waals surface area contributed by atoms with E-state index in [9.17, 15) is 4.79 Å². The molecule has 1 saturated heterocycles. The highest BCUT2D eigenvalue weighted by Crippen LogP contribution is 2.37. The van der Waals surface area contributed by atoms with Crippen molar-refractivity contribution in [3.63, 3.8) is 0 Å². The van der Waals surface area contributed by atoms with E-state index in [1.165, 1.54) is 4.88 Å². The van der Waals surface area contributed by atoms with E-state index in [0.717, 1.165) is 47.5 Å². The molecule has 1 aliphatic heterocycles. The Morgan fingerprint density at radius 2 is 2.00 bits per heavy atom. The number of methoxy groups -OCH3 is 2. The van der Waals surface area contributed by atoms with Crippen LogP contribution in [0.2, 0.25) is 0 Å². The molecule has 0 amide bonds. The second kappa shape index (κ2) is 8.18. The summed E-state index contributed by atoms with van der Waals surface area (Å²) in [6.45, 7) is 5.44. The standard InChI is InChI=1S/C22H26N2O4S/c1-14-13-28-8-7-24(14)11-16-10-17-21(29-16)18(12-23(2)22(17)25)15-5-6-19(26-3)20(9-15)27-4/h5-6,9-10,12,14H,7-8,11,13H2,1-4H3/t14-/m0/s1. The molecular formula is C22H26N2O4S. The molecule has 4 rings (SSSR count). The van der Waals surface area contributed by atoms with Gasteiger partial charge in [0.15, 0.2) is 11.5 Å². The zero-order valence-electron chi connectivity index (χ0n) is 17.2. The predicted molar refractivity (Wildman–Crippen MR) is 116 cm³/mol. The quantitative estimate of drug-likeness (QED) is 0.640. The SMILES string of the molecule is COc1ccc(-c2cn(C)c(=O)c3cc(CN4CCOC[C@@H]4C)sc23)cc1OC. The van der Waals surface area contributed by atoms with Crippen molar-refractivity contribution >= 4 is 21.4 Å². The molecule has 0 saturated carbocycles. The van der Waals surface area contributed by atoms with Gasteiger partial charge in [-0.15, -0.1) is 11.3 Å². The molecule has 3 heterocycles. The van der Waals surface area contributed by atoms with E-state index in [1.807, 2.05) is 24.4 Å². The highest BCUT2D eigenvalue weighted by atomic mass is 32.1. The largest absolute Gasteiger partial charge is 0.493 e. The molecule has 0 spiro atoms. The van der Waals surface area contributed by atoms with E-state index < -0.39 is 0 Å². The van der Waals surface area contributed by atoms with Crippen molar-refractivity contribution in [2.24, 2.45) is 7.05 Å². The number of benzene rings is 1. The molecule has 0 aliphatic carbocycles. The molecule has 0 N–H and O–H groups in total. The number of thiophene rings is 1. The van der Waals surface area contributed by atoms with E-state index in [0.29, 0.717) is 17.5 Å². The number of pyridine rings is 1. The van der Waals surface area contributed by atoms with Gasteiger partial charge in [-0.05, 0) is 30.7 Å². The summed E-state index contributed by atoms with van der Waals surface area (Å²) in [4.78, 5) is 16.4. The highest BCUT2D eigenvalue weighted by molar-refractivity contribution is 7.19. The molecule has 0 bridgehead atoms. The molecular weight excluding hydrogens is 388 g/mol. The molecule has 6 nitrogen and oxygen atoms in total. The summed E-state index contributed by atoms with van der Waals surface area (Å²) < 4.78 is 19.0. The molecule has 2 aromatic heterocycles. The summed E-state index contributed by atoms with van der Waals surface area (Å²) in [5.41, 5.74) is 2.05. The number of ether oxygens (including phenoxy) is 3. The van der Waals surface area contributed by atoms with E-state index >= 15 is 0 Å². The van der Waals surface area contributed by atoms with Crippen molar-refractivity contribution < 1.29 is 14.2 Å². The van der Waals surface area contributed by atoms with Crippen molar-refractivity contribution in [1.29, 1.82) is 0 Å². The molecule has 1 fully saturated rings. The van der Waals surface area contributed by atoms with Gasteiger partial charge in [-0.25, -0.2) is 0 Å². The smallest absolute Gasteiger partial charge is 0.259 e. The van der Waals surface area contributed by atoms with E-state index in [2.05, 4.69) is 17.9 Å². The third-order valence-electron chi connectivity index (χ3n) is 5.46. The third kappa shape index (κ3) is 3.77. The summed E-state index contributed by atoms with van der Waals surface area (Å²) in [5.74, 6) is 1.36. The number of nitrogens with zero attached hydrogens (tertiary/aromatic N) is 2. The fraction of sp³-hybridized carbons (Fsp3) is 0.409. The van der Waals surface area contributed by atoms with Crippen LogP contribution in [-0.4, -0.2) is 49.5 Å². The fourth-order valence-electron chi connectivity index (χ4n) is 3.79. The fourth-order valence-corrected chi connectivity index (χ4v) is 4.99. The van der Waals surface area contributed by atoms with Gasteiger partial charge >= 0.3 is 0 Å². The minimum Gasteiger partial charge on any atom is -0.493 e. The van der Waals surface area contributed by atoms with Crippen molar-refractivity contribution in [2.45, 2.75) is 19.5 Å². The Hall–Kier alpha value is -2.35. The molecule has 1 aromatic carbocycles. The molecule has 154 valence electrons. The lowest BCUT2D eigenvalue weighted by atomic mass is 10.1. The maximum Gasteiger partial charge on any atom is 0.259 e. The summed E-state index contributed by atoms with van der Waals surface area (Å²) in [6, 6.07) is 8.29. The van der Waals surface area contributed by atoms with Crippen LogP contribution >= 0.6 is 11.3 Å². The van der Waals surface area contributed by atoms with Crippen molar-refractivity contribution in [3.8, 4) is 22.6 Å². The number of aromatic nitrogens is 1. The van der Waals surface area contributed by atoms with Gasteiger partial charge in [-0.1, -0.05) is 6.07 Å². The first-order valence-electron chi connectivity index (χ1n) is 9.68. The van der Waals surface area contributed by atoms with Gasteiger partial charge in [0.25, 0.3) is 5.56 Å². The van der Waals surface area contributed by atoms with E-state index in [-0.39, 0.29) is 5.56 Å². The second-order valence-corrected chi connectivity index (χ2v) is 8.52. The number of hydrogen-bond acceptors (Lipinski definition) is 6. The number of fused-ring (bicyclic) bond motifs is 1. The van der Waals surface area contributed by atoms with Crippen LogP contribution in [0.4, 0.5) is 0 Å². The number of morpholine rings is 1. The summed E-state index contributed by atoms with van der Waals surface area (Å²) in [5, 5.41) is 0.765. The Kier molecular flexibility index (Phi) is 5.63. The number of hydrogen-bond donors (Lipinski definition) is 0. The van der Waals surface area contributed by atoms with E-state index in [4.69, 9.17) is 14.2 Å².